The van der Waals surface area contributed by atoms with Crippen LogP contribution in [0.1, 0.15) is 0 Å². The van der Waals surface area contributed by atoms with Crippen LogP contribution < -0.4 is 4.90 Å². The average Bonchev–Trinajstić information content (AvgIpc) is 3.82. The summed E-state index contributed by atoms with van der Waals surface area (Å²) < 4.78 is 9.05. The van der Waals surface area contributed by atoms with Crippen molar-refractivity contribution in [2.24, 2.45) is 0 Å². The highest BCUT2D eigenvalue weighted by atomic mass is 32.1. The Labute approximate surface area is 322 Å². The minimum absolute atomic E-state index is 0.908. The number of hydrogen-bond acceptors (Lipinski definition) is 3. The van der Waals surface area contributed by atoms with Gasteiger partial charge in [-0.05, 0) is 93.2 Å². The zero-order valence-electron chi connectivity index (χ0n) is 29.8. The number of rotatable bonds is 6. The molecule has 0 radical (unpaired) electrons. The lowest BCUT2D eigenvalue weighted by molar-refractivity contribution is 0.670. The van der Waals surface area contributed by atoms with Crippen molar-refractivity contribution in [2.75, 3.05) is 4.90 Å². The van der Waals surface area contributed by atoms with Gasteiger partial charge < -0.3 is 9.32 Å². The lowest BCUT2D eigenvalue weighted by Gasteiger charge is -2.27. The number of furan rings is 1. The van der Waals surface area contributed by atoms with Gasteiger partial charge in [0.1, 0.15) is 11.2 Å². The van der Waals surface area contributed by atoms with Crippen LogP contribution in [0.2, 0.25) is 0 Å². The fraction of sp³-hybridized carbons (Fsp3) is 0. The first-order chi connectivity index (χ1) is 27.2. The van der Waals surface area contributed by atoms with Gasteiger partial charge in [-0.1, -0.05) is 146 Å². The van der Waals surface area contributed by atoms with Crippen LogP contribution in [0.5, 0.6) is 0 Å². The third-order valence-corrected chi connectivity index (χ3v) is 12.0. The summed E-state index contributed by atoms with van der Waals surface area (Å²) in [5, 5.41) is 7.39. The van der Waals surface area contributed by atoms with Crippen LogP contribution in [0.3, 0.4) is 0 Å². The minimum Gasteiger partial charge on any atom is -0.455 e. The number of para-hydroxylation sites is 2. The van der Waals surface area contributed by atoms with Crippen LogP contribution in [-0.2, 0) is 0 Å². The van der Waals surface area contributed by atoms with E-state index in [9.17, 15) is 0 Å². The minimum atomic E-state index is 0.908. The number of benzene rings is 9. The standard InChI is InChI=1S/C52H33NOS/c1-2-17-42-34(11-1)12-9-20-43(42)38-14-8-16-41(32-38)53(39-28-25-35(26-29-39)44-21-10-22-48-45-18-3-5-23-49(45)54-52(44)48)40-15-7-13-36(31-40)37-27-30-47-46-19-4-6-24-50(46)55-51(47)33-37/h1-33H. The zero-order chi connectivity index (χ0) is 36.3. The lowest BCUT2D eigenvalue weighted by atomic mass is 9.97. The maximum absolute atomic E-state index is 6.43. The van der Waals surface area contributed by atoms with E-state index >= 15 is 0 Å². The summed E-state index contributed by atoms with van der Waals surface area (Å²) in [6.07, 6.45) is 0. The number of hydrogen-bond donors (Lipinski definition) is 0. The van der Waals surface area contributed by atoms with Gasteiger partial charge in [0.25, 0.3) is 0 Å². The van der Waals surface area contributed by atoms with Gasteiger partial charge in [-0.3, -0.25) is 0 Å². The van der Waals surface area contributed by atoms with Crippen LogP contribution in [0.15, 0.2) is 205 Å². The summed E-state index contributed by atoms with van der Waals surface area (Å²) in [5.74, 6) is 0. The Morgan fingerprint density at radius 2 is 0.945 bits per heavy atom. The van der Waals surface area contributed by atoms with Crippen molar-refractivity contribution in [3.63, 3.8) is 0 Å². The molecular weight excluding hydrogens is 687 g/mol. The van der Waals surface area contributed by atoms with Crippen molar-refractivity contribution >= 4 is 81.3 Å². The zero-order valence-corrected chi connectivity index (χ0v) is 30.6. The molecule has 0 amide bonds. The fourth-order valence-electron chi connectivity index (χ4n) is 8.23. The van der Waals surface area contributed by atoms with Gasteiger partial charge in [-0.2, -0.15) is 0 Å². The lowest BCUT2D eigenvalue weighted by Crippen LogP contribution is -2.10. The monoisotopic (exact) mass is 719 g/mol. The predicted octanol–water partition coefficient (Wildman–Crippen LogP) is 15.6. The van der Waals surface area contributed by atoms with Crippen molar-refractivity contribution in [1.82, 2.24) is 0 Å². The third kappa shape index (κ3) is 5.40. The number of fused-ring (bicyclic) bond motifs is 7. The highest BCUT2D eigenvalue weighted by Gasteiger charge is 2.17. The highest BCUT2D eigenvalue weighted by molar-refractivity contribution is 7.25. The van der Waals surface area contributed by atoms with Crippen molar-refractivity contribution in [3.8, 4) is 33.4 Å². The summed E-state index contributed by atoms with van der Waals surface area (Å²) in [5.41, 5.74) is 12.1. The Morgan fingerprint density at radius 3 is 1.82 bits per heavy atom. The molecule has 3 heteroatoms. The molecule has 0 aliphatic carbocycles. The first-order valence-corrected chi connectivity index (χ1v) is 19.5. The summed E-state index contributed by atoms with van der Waals surface area (Å²) in [7, 11) is 0. The van der Waals surface area contributed by atoms with Gasteiger partial charge in [0.15, 0.2) is 0 Å². The molecule has 9 aromatic carbocycles. The van der Waals surface area contributed by atoms with E-state index in [4.69, 9.17) is 4.42 Å². The maximum Gasteiger partial charge on any atom is 0.143 e. The van der Waals surface area contributed by atoms with Gasteiger partial charge in [-0.25, -0.2) is 0 Å². The third-order valence-electron chi connectivity index (χ3n) is 10.9. The van der Waals surface area contributed by atoms with Crippen molar-refractivity contribution in [1.29, 1.82) is 0 Å². The largest absolute Gasteiger partial charge is 0.455 e. The second-order valence-electron chi connectivity index (χ2n) is 14.1. The average molecular weight is 720 g/mol. The Morgan fingerprint density at radius 1 is 0.345 bits per heavy atom. The second kappa shape index (κ2) is 12.9. The first kappa shape index (κ1) is 31.6. The van der Waals surface area contributed by atoms with Gasteiger partial charge in [-0.15, -0.1) is 11.3 Å². The molecule has 0 saturated carbocycles. The summed E-state index contributed by atoms with van der Waals surface area (Å²) >= 11 is 1.86. The quantitative estimate of drug-likeness (QED) is 0.170. The molecule has 2 aromatic heterocycles. The Kier molecular flexibility index (Phi) is 7.39. The molecule has 11 rings (SSSR count). The van der Waals surface area contributed by atoms with Crippen LogP contribution >= 0.6 is 11.3 Å². The SMILES string of the molecule is c1cc(-c2ccc3c(c2)sc2ccccc23)cc(N(c2ccc(-c3cccc4c3oc3ccccc34)cc2)c2cccc(-c3cccc4ccccc34)c2)c1. The Hall–Kier alpha value is -6.94. The van der Waals surface area contributed by atoms with Gasteiger partial charge >= 0.3 is 0 Å². The van der Waals surface area contributed by atoms with Gasteiger partial charge in [0.2, 0.25) is 0 Å². The second-order valence-corrected chi connectivity index (χ2v) is 15.2. The molecule has 0 saturated heterocycles. The summed E-state index contributed by atoms with van der Waals surface area (Å²) in [4.78, 5) is 2.38. The van der Waals surface area contributed by atoms with E-state index in [1.807, 2.05) is 23.5 Å². The molecule has 258 valence electrons. The fourth-order valence-corrected chi connectivity index (χ4v) is 9.38. The van der Waals surface area contributed by atoms with Gasteiger partial charge in [0, 0.05) is 53.6 Å². The highest BCUT2D eigenvalue weighted by Crippen LogP contribution is 2.42. The van der Waals surface area contributed by atoms with Crippen molar-refractivity contribution in [2.45, 2.75) is 0 Å². The van der Waals surface area contributed by atoms with Crippen LogP contribution in [0, 0.1) is 0 Å². The number of nitrogens with zero attached hydrogens (tertiary/aromatic N) is 1. The Balaban J connectivity index is 1.05. The molecule has 0 bridgehead atoms. The van der Waals surface area contributed by atoms with E-state index in [-0.39, 0.29) is 0 Å². The topological polar surface area (TPSA) is 16.4 Å². The van der Waals surface area contributed by atoms with E-state index in [1.54, 1.807) is 0 Å². The molecule has 11 aromatic rings. The predicted molar refractivity (Wildman–Crippen MR) is 235 cm³/mol. The molecular formula is C52H33NOS. The summed E-state index contributed by atoms with van der Waals surface area (Å²) in [6.45, 7) is 0. The molecule has 0 spiro atoms. The molecule has 0 unspecified atom stereocenters. The molecule has 2 nitrogen and oxygen atoms in total. The molecule has 0 atom stereocenters. The van der Waals surface area contributed by atoms with E-state index in [0.717, 1.165) is 50.1 Å². The summed E-state index contributed by atoms with van der Waals surface area (Å²) in [6, 6.07) is 72.2. The maximum atomic E-state index is 6.43. The normalized spacial score (nSPS) is 11.6. The smallest absolute Gasteiger partial charge is 0.143 e. The Bertz CT molecular complexity index is 3220. The van der Waals surface area contributed by atoms with Crippen molar-refractivity contribution in [3.05, 3.63) is 200 Å². The molecule has 2 heterocycles. The van der Waals surface area contributed by atoms with E-state index in [0.29, 0.717) is 0 Å². The van der Waals surface area contributed by atoms with Crippen molar-refractivity contribution < 1.29 is 4.42 Å². The van der Waals surface area contributed by atoms with Crippen LogP contribution in [0.4, 0.5) is 17.1 Å². The van der Waals surface area contributed by atoms with Crippen LogP contribution in [0.25, 0.3) is 86.3 Å². The first-order valence-electron chi connectivity index (χ1n) is 18.7. The van der Waals surface area contributed by atoms with Crippen LogP contribution in [-0.4, -0.2) is 0 Å². The number of anilines is 3. The number of thiophene rings is 1. The molecule has 0 N–H and O–H groups in total. The van der Waals surface area contributed by atoms with E-state index in [2.05, 4.69) is 193 Å². The van der Waals surface area contributed by atoms with E-state index < -0.39 is 0 Å². The van der Waals surface area contributed by atoms with E-state index in [1.165, 1.54) is 53.2 Å². The molecule has 0 fully saturated rings. The molecule has 0 aliphatic heterocycles. The molecule has 0 aliphatic rings. The van der Waals surface area contributed by atoms with Gasteiger partial charge in [0.05, 0.1) is 0 Å². The molecule has 55 heavy (non-hydrogen) atoms.